The molecule has 3 N–H and O–H groups in total. The van der Waals surface area contributed by atoms with E-state index in [9.17, 15) is 9.18 Å². The molecule has 2 aromatic carbocycles. The van der Waals surface area contributed by atoms with Gasteiger partial charge >= 0.3 is 0 Å². The number of aromatic nitrogens is 2. The molecule has 1 amide bonds. The highest BCUT2D eigenvalue weighted by molar-refractivity contribution is 5.98. The van der Waals surface area contributed by atoms with Crippen LogP contribution < -0.4 is 15.8 Å². The van der Waals surface area contributed by atoms with E-state index in [1.807, 2.05) is 24.3 Å². The molecule has 0 saturated carbocycles. The van der Waals surface area contributed by atoms with Gasteiger partial charge < -0.3 is 15.8 Å². The summed E-state index contributed by atoms with van der Waals surface area (Å²) in [6.07, 6.45) is 0.442. The van der Waals surface area contributed by atoms with E-state index in [1.54, 1.807) is 20.1 Å². The second-order valence-corrected chi connectivity index (χ2v) is 6.68. The fraction of sp³-hybridized carbons (Fsp3) is 0.190. The standard InChI is InChI=1S/C21H19FN4O2/c1-11-19-18(26-21(23)24-11)10-17(25-20(19)27)15-7-6-13(22)9-16(15)12-4-3-5-14(8-12)28-2/h3-9,17H,10H2,1-2H3,(H,25,27)(H2,23,24,26). The summed E-state index contributed by atoms with van der Waals surface area (Å²) in [7, 11) is 1.58. The van der Waals surface area contributed by atoms with Gasteiger partial charge in [-0.1, -0.05) is 18.2 Å². The van der Waals surface area contributed by atoms with Gasteiger partial charge in [0.15, 0.2) is 0 Å². The Kier molecular flexibility index (Phi) is 4.43. The Hall–Kier alpha value is -3.48. The molecule has 142 valence electrons. The van der Waals surface area contributed by atoms with Gasteiger partial charge in [-0.25, -0.2) is 14.4 Å². The summed E-state index contributed by atoms with van der Waals surface area (Å²) in [5, 5.41) is 2.99. The van der Waals surface area contributed by atoms with E-state index in [1.165, 1.54) is 12.1 Å². The number of aryl methyl sites for hydroxylation is 1. The van der Waals surface area contributed by atoms with Crippen molar-refractivity contribution < 1.29 is 13.9 Å². The van der Waals surface area contributed by atoms with Gasteiger partial charge in [-0.15, -0.1) is 0 Å². The monoisotopic (exact) mass is 378 g/mol. The van der Waals surface area contributed by atoms with E-state index in [0.717, 1.165) is 11.1 Å². The lowest BCUT2D eigenvalue weighted by Crippen LogP contribution is -2.37. The smallest absolute Gasteiger partial charge is 0.255 e. The fourth-order valence-corrected chi connectivity index (χ4v) is 3.63. The lowest BCUT2D eigenvalue weighted by atomic mass is 9.89. The third-order valence-electron chi connectivity index (χ3n) is 4.88. The molecule has 1 aliphatic rings. The third kappa shape index (κ3) is 3.15. The van der Waals surface area contributed by atoms with Crippen LogP contribution in [0.3, 0.4) is 0 Å². The van der Waals surface area contributed by atoms with Crippen molar-refractivity contribution in [1.29, 1.82) is 0 Å². The zero-order valence-corrected chi connectivity index (χ0v) is 15.5. The van der Waals surface area contributed by atoms with Crippen molar-refractivity contribution in [2.24, 2.45) is 0 Å². The molecule has 3 aromatic rings. The van der Waals surface area contributed by atoms with Crippen LogP contribution in [0.4, 0.5) is 10.3 Å². The summed E-state index contributed by atoms with van der Waals surface area (Å²) in [5.41, 5.74) is 9.65. The molecular weight excluding hydrogens is 359 g/mol. The highest BCUT2D eigenvalue weighted by atomic mass is 19.1. The van der Waals surface area contributed by atoms with Gasteiger partial charge in [0, 0.05) is 6.42 Å². The van der Waals surface area contributed by atoms with Gasteiger partial charge in [-0.05, 0) is 47.9 Å². The minimum absolute atomic E-state index is 0.136. The first kappa shape index (κ1) is 17.9. The first-order valence-electron chi connectivity index (χ1n) is 8.84. The van der Waals surface area contributed by atoms with Gasteiger partial charge in [0.2, 0.25) is 5.95 Å². The number of methoxy groups -OCH3 is 1. The number of nitrogen functional groups attached to an aromatic ring is 1. The van der Waals surface area contributed by atoms with E-state index in [0.29, 0.717) is 34.7 Å². The average Bonchev–Trinajstić information content (AvgIpc) is 2.67. The second kappa shape index (κ2) is 6.92. The summed E-state index contributed by atoms with van der Waals surface area (Å²) in [4.78, 5) is 21.0. The van der Waals surface area contributed by atoms with Crippen LogP contribution in [-0.4, -0.2) is 23.0 Å². The Morgan fingerprint density at radius 2 is 2.04 bits per heavy atom. The second-order valence-electron chi connectivity index (χ2n) is 6.68. The number of benzene rings is 2. The molecule has 4 rings (SSSR count). The number of nitrogens with one attached hydrogen (secondary N) is 1. The summed E-state index contributed by atoms with van der Waals surface area (Å²) >= 11 is 0. The molecule has 28 heavy (non-hydrogen) atoms. The van der Waals surface area contributed by atoms with E-state index in [4.69, 9.17) is 10.5 Å². The molecule has 1 aromatic heterocycles. The number of amides is 1. The zero-order valence-electron chi connectivity index (χ0n) is 15.5. The summed E-state index contributed by atoms with van der Waals surface area (Å²) in [6.45, 7) is 1.73. The van der Waals surface area contributed by atoms with Gasteiger partial charge in [0.25, 0.3) is 5.91 Å². The largest absolute Gasteiger partial charge is 0.497 e. The Balaban J connectivity index is 1.81. The van der Waals surface area contributed by atoms with Crippen molar-refractivity contribution in [1.82, 2.24) is 15.3 Å². The third-order valence-corrected chi connectivity index (χ3v) is 4.88. The number of ether oxygens (including phenoxy) is 1. The molecule has 0 aliphatic carbocycles. The lowest BCUT2D eigenvalue weighted by Gasteiger charge is -2.28. The molecule has 1 aliphatic heterocycles. The van der Waals surface area contributed by atoms with E-state index < -0.39 is 0 Å². The predicted octanol–water partition coefficient (Wildman–Crippen LogP) is 3.21. The molecular formula is C21H19FN4O2. The van der Waals surface area contributed by atoms with Crippen molar-refractivity contribution in [3.8, 4) is 16.9 Å². The number of halogens is 1. The van der Waals surface area contributed by atoms with Gasteiger partial charge in [-0.3, -0.25) is 4.79 Å². The van der Waals surface area contributed by atoms with Crippen LogP contribution in [0, 0.1) is 12.7 Å². The van der Waals surface area contributed by atoms with Crippen LogP contribution in [-0.2, 0) is 6.42 Å². The molecule has 0 spiro atoms. The summed E-state index contributed by atoms with van der Waals surface area (Å²) in [6, 6.07) is 11.6. The number of rotatable bonds is 3. The molecule has 0 bridgehead atoms. The van der Waals surface area contributed by atoms with Crippen molar-refractivity contribution in [3.63, 3.8) is 0 Å². The Bertz CT molecular complexity index is 1080. The Labute approximate surface area is 161 Å². The topological polar surface area (TPSA) is 90.1 Å². The number of hydrogen-bond donors (Lipinski definition) is 2. The number of hydrogen-bond acceptors (Lipinski definition) is 5. The highest BCUT2D eigenvalue weighted by Crippen LogP contribution is 2.35. The quantitative estimate of drug-likeness (QED) is 0.730. The van der Waals surface area contributed by atoms with E-state index in [2.05, 4.69) is 15.3 Å². The van der Waals surface area contributed by atoms with Crippen molar-refractivity contribution in [3.05, 3.63) is 70.8 Å². The van der Waals surface area contributed by atoms with Crippen LogP contribution >= 0.6 is 0 Å². The number of nitrogens with two attached hydrogens (primary N) is 1. The molecule has 1 atom stereocenters. The number of carbonyl (C=O) groups is 1. The lowest BCUT2D eigenvalue weighted by molar-refractivity contribution is 0.0922. The van der Waals surface area contributed by atoms with Crippen LogP contribution in [0.5, 0.6) is 5.75 Å². The molecule has 7 heteroatoms. The van der Waals surface area contributed by atoms with Crippen molar-refractivity contribution in [2.75, 3.05) is 12.8 Å². The zero-order chi connectivity index (χ0) is 19.8. The summed E-state index contributed by atoms with van der Waals surface area (Å²) < 4.78 is 19.3. The van der Waals surface area contributed by atoms with Gasteiger partial charge in [-0.2, -0.15) is 0 Å². The molecule has 6 nitrogen and oxygen atoms in total. The minimum Gasteiger partial charge on any atom is -0.497 e. The Morgan fingerprint density at radius 3 is 2.82 bits per heavy atom. The maximum absolute atomic E-state index is 14.0. The first-order valence-corrected chi connectivity index (χ1v) is 8.84. The molecule has 2 heterocycles. The van der Waals surface area contributed by atoms with Crippen LogP contribution in [0.1, 0.15) is 33.4 Å². The number of anilines is 1. The van der Waals surface area contributed by atoms with Crippen LogP contribution in [0.15, 0.2) is 42.5 Å². The van der Waals surface area contributed by atoms with Crippen LogP contribution in [0.2, 0.25) is 0 Å². The Morgan fingerprint density at radius 1 is 1.21 bits per heavy atom. The molecule has 0 radical (unpaired) electrons. The summed E-state index contributed by atoms with van der Waals surface area (Å²) in [5.74, 6) is 0.190. The van der Waals surface area contributed by atoms with E-state index in [-0.39, 0.29) is 23.7 Å². The van der Waals surface area contributed by atoms with Gasteiger partial charge in [0.05, 0.1) is 30.1 Å². The predicted molar refractivity (Wildman–Crippen MR) is 103 cm³/mol. The first-order chi connectivity index (χ1) is 13.5. The maximum Gasteiger partial charge on any atom is 0.255 e. The number of fused-ring (bicyclic) bond motifs is 1. The van der Waals surface area contributed by atoms with Crippen molar-refractivity contribution in [2.45, 2.75) is 19.4 Å². The van der Waals surface area contributed by atoms with Gasteiger partial charge in [0.1, 0.15) is 11.6 Å². The average molecular weight is 378 g/mol. The fourth-order valence-electron chi connectivity index (χ4n) is 3.63. The molecule has 1 unspecified atom stereocenters. The minimum atomic E-state index is -0.365. The maximum atomic E-state index is 14.0. The SMILES string of the molecule is COc1cccc(-c2cc(F)ccc2C2Cc3nc(N)nc(C)c3C(=O)N2)c1. The van der Waals surface area contributed by atoms with E-state index >= 15 is 0 Å². The van der Waals surface area contributed by atoms with Crippen molar-refractivity contribution >= 4 is 11.9 Å². The highest BCUT2D eigenvalue weighted by Gasteiger charge is 2.30. The normalized spacial score (nSPS) is 15.7. The number of carbonyl (C=O) groups excluding carboxylic acids is 1. The molecule has 0 saturated heterocycles. The van der Waals surface area contributed by atoms with Crippen LogP contribution in [0.25, 0.3) is 11.1 Å². The molecule has 0 fully saturated rings. The number of nitrogens with zero attached hydrogens (tertiary/aromatic N) is 2.